The molecule has 0 atom stereocenters. The molecular weight excluding hydrogens is 278 g/mol. The molecule has 0 saturated heterocycles. The molecule has 1 rings (SSSR count). The highest BCUT2D eigenvalue weighted by atomic mass is 32.2. The molecule has 4 N–H and O–H groups in total. The Bertz CT molecular complexity index is 421. The van der Waals surface area contributed by atoms with Crippen molar-refractivity contribution in [2.75, 3.05) is 12.3 Å². The maximum Gasteiger partial charge on any atom is 0.236 e. The lowest BCUT2D eigenvalue weighted by Gasteiger charge is -2.26. The number of hydrogen-bond acceptors (Lipinski definition) is 4. The molecule has 6 nitrogen and oxygen atoms in total. The maximum absolute atomic E-state index is 11.9. The monoisotopic (exact) mass is 305 g/mol. The average Bonchev–Trinajstić information content (AvgIpc) is 2.28. The van der Waals surface area contributed by atoms with Crippen molar-refractivity contribution in [1.82, 2.24) is 10.0 Å². The Hall–Kier alpha value is -0.660. The van der Waals surface area contributed by atoms with Crippen molar-refractivity contribution in [2.24, 2.45) is 11.7 Å². The number of carbonyl (C=O) groups excluding carboxylic acids is 1. The predicted molar refractivity (Wildman–Crippen MR) is 79.6 cm³/mol. The summed E-state index contributed by atoms with van der Waals surface area (Å²) in [5.74, 6) is -0.388. The van der Waals surface area contributed by atoms with Gasteiger partial charge in [-0.3, -0.25) is 4.79 Å². The van der Waals surface area contributed by atoms with E-state index in [-0.39, 0.29) is 12.6 Å². The predicted octanol–water partition coefficient (Wildman–Crippen LogP) is 0.338. The van der Waals surface area contributed by atoms with Crippen LogP contribution < -0.4 is 15.8 Å². The maximum atomic E-state index is 11.9. The molecule has 1 aliphatic carbocycles. The molecule has 20 heavy (non-hydrogen) atoms. The van der Waals surface area contributed by atoms with Crippen LogP contribution >= 0.6 is 0 Å². The number of rotatable bonds is 6. The molecule has 0 aromatic heterocycles. The number of amides is 1. The van der Waals surface area contributed by atoms with Gasteiger partial charge in [0, 0.05) is 18.1 Å². The Morgan fingerprint density at radius 3 is 2.30 bits per heavy atom. The summed E-state index contributed by atoms with van der Waals surface area (Å²) < 4.78 is 26.4. The molecule has 0 unspecified atom stereocenters. The fourth-order valence-electron chi connectivity index (χ4n) is 2.22. The summed E-state index contributed by atoms with van der Waals surface area (Å²) in [6, 6.07) is -0.0325. The average molecular weight is 305 g/mol. The van der Waals surface area contributed by atoms with Crippen molar-refractivity contribution in [3.8, 4) is 0 Å². The molecule has 0 aromatic carbocycles. The van der Waals surface area contributed by atoms with Gasteiger partial charge in [0.25, 0.3) is 0 Å². The Morgan fingerprint density at radius 2 is 1.80 bits per heavy atom. The van der Waals surface area contributed by atoms with Crippen LogP contribution in [0.3, 0.4) is 0 Å². The van der Waals surface area contributed by atoms with E-state index in [0.29, 0.717) is 5.92 Å². The van der Waals surface area contributed by atoms with Crippen molar-refractivity contribution in [1.29, 1.82) is 0 Å². The molecule has 118 valence electrons. The second-order valence-electron chi connectivity index (χ2n) is 6.60. The smallest absolute Gasteiger partial charge is 0.236 e. The first-order valence-electron chi connectivity index (χ1n) is 7.13. The molecular formula is C13H27N3O3S. The number of nitrogens with one attached hydrogen (secondary N) is 2. The molecule has 0 spiro atoms. The van der Waals surface area contributed by atoms with E-state index in [0.717, 1.165) is 25.7 Å². The largest absolute Gasteiger partial charge is 0.353 e. The molecule has 0 aromatic rings. The van der Waals surface area contributed by atoms with E-state index in [1.165, 1.54) is 0 Å². The lowest BCUT2D eigenvalue weighted by Crippen LogP contribution is -2.48. The van der Waals surface area contributed by atoms with E-state index in [1.807, 2.05) is 0 Å². The molecule has 1 fully saturated rings. The van der Waals surface area contributed by atoms with Crippen LogP contribution in [0.15, 0.2) is 0 Å². The van der Waals surface area contributed by atoms with E-state index in [4.69, 9.17) is 5.73 Å². The van der Waals surface area contributed by atoms with Gasteiger partial charge in [0.2, 0.25) is 15.9 Å². The second-order valence-corrected chi connectivity index (χ2v) is 8.35. The topological polar surface area (TPSA) is 101 Å². The van der Waals surface area contributed by atoms with Crippen molar-refractivity contribution >= 4 is 15.9 Å². The highest BCUT2D eigenvalue weighted by Crippen LogP contribution is 2.23. The minimum Gasteiger partial charge on any atom is -0.353 e. The third kappa shape index (κ3) is 7.21. The minimum absolute atomic E-state index is 0.0325. The fourth-order valence-corrected chi connectivity index (χ4v) is 3.50. The number of sulfonamides is 1. The fraction of sp³-hybridized carbons (Fsp3) is 0.923. The van der Waals surface area contributed by atoms with Gasteiger partial charge in [-0.2, -0.15) is 0 Å². The molecule has 1 saturated carbocycles. The quantitative estimate of drug-likeness (QED) is 0.658. The van der Waals surface area contributed by atoms with E-state index in [9.17, 15) is 13.2 Å². The van der Waals surface area contributed by atoms with Crippen LogP contribution in [0.4, 0.5) is 0 Å². The van der Waals surface area contributed by atoms with Gasteiger partial charge < -0.3 is 11.1 Å². The minimum atomic E-state index is -3.57. The van der Waals surface area contributed by atoms with Crippen LogP contribution in [0.5, 0.6) is 0 Å². The standard InChI is InChI=1S/C13H27N3O3S/c1-10-4-6-11(7-5-10)16-20(18,19)8-12(17)15-9-13(2,3)14/h10-11,16H,4-9,14H2,1-3H3,(H,15,17). The number of hydrogen-bond donors (Lipinski definition) is 3. The first-order valence-corrected chi connectivity index (χ1v) is 8.78. The highest BCUT2D eigenvalue weighted by Gasteiger charge is 2.25. The lowest BCUT2D eigenvalue weighted by molar-refractivity contribution is -0.118. The van der Waals surface area contributed by atoms with Gasteiger partial charge in [-0.05, 0) is 45.4 Å². The van der Waals surface area contributed by atoms with Gasteiger partial charge in [0.1, 0.15) is 5.75 Å². The summed E-state index contributed by atoms with van der Waals surface area (Å²) >= 11 is 0. The lowest BCUT2D eigenvalue weighted by atomic mass is 9.88. The Balaban J connectivity index is 2.39. The summed E-state index contributed by atoms with van der Waals surface area (Å²) in [5.41, 5.74) is 5.18. The SMILES string of the molecule is CC1CCC(NS(=O)(=O)CC(=O)NCC(C)(C)N)CC1. The number of carbonyl (C=O) groups is 1. The molecule has 0 heterocycles. The summed E-state index contributed by atoms with van der Waals surface area (Å²) in [4.78, 5) is 11.6. The van der Waals surface area contributed by atoms with Crippen molar-refractivity contribution < 1.29 is 13.2 Å². The highest BCUT2D eigenvalue weighted by molar-refractivity contribution is 7.90. The summed E-state index contributed by atoms with van der Waals surface area (Å²) in [5, 5.41) is 2.54. The van der Waals surface area contributed by atoms with Crippen LogP contribution in [0.25, 0.3) is 0 Å². The zero-order valence-electron chi connectivity index (χ0n) is 12.6. The van der Waals surface area contributed by atoms with Crippen molar-refractivity contribution in [3.63, 3.8) is 0 Å². The first kappa shape index (κ1) is 17.4. The molecule has 1 amide bonds. The normalized spacial score (nSPS) is 24.4. The van der Waals surface area contributed by atoms with Gasteiger partial charge in [0.15, 0.2) is 0 Å². The van der Waals surface area contributed by atoms with Gasteiger partial charge in [-0.15, -0.1) is 0 Å². The van der Waals surface area contributed by atoms with Gasteiger partial charge in [0.05, 0.1) is 0 Å². The van der Waals surface area contributed by atoms with Crippen molar-refractivity contribution in [2.45, 2.75) is 58.0 Å². The summed E-state index contributed by atoms with van der Waals surface area (Å²) in [6.45, 7) is 5.96. The molecule has 7 heteroatoms. The number of nitrogens with two attached hydrogens (primary N) is 1. The van der Waals surface area contributed by atoms with Crippen LogP contribution in [-0.4, -0.2) is 38.2 Å². The molecule has 0 bridgehead atoms. The third-order valence-electron chi connectivity index (χ3n) is 3.42. The molecule has 0 radical (unpaired) electrons. The zero-order chi connectivity index (χ0) is 15.4. The second kappa shape index (κ2) is 6.87. The van der Waals surface area contributed by atoms with Gasteiger partial charge >= 0.3 is 0 Å². The first-order chi connectivity index (χ1) is 9.07. The van der Waals surface area contributed by atoms with Crippen LogP contribution in [-0.2, 0) is 14.8 Å². The Kier molecular flexibility index (Phi) is 5.97. The van der Waals surface area contributed by atoms with Gasteiger partial charge in [-0.1, -0.05) is 6.92 Å². The van der Waals surface area contributed by atoms with E-state index in [1.54, 1.807) is 13.8 Å². The van der Waals surface area contributed by atoms with Gasteiger partial charge in [-0.25, -0.2) is 13.1 Å². The molecule has 0 aliphatic heterocycles. The van der Waals surface area contributed by atoms with E-state index < -0.39 is 27.2 Å². The third-order valence-corrected chi connectivity index (χ3v) is 4.76. The van der Waals surface area contributed by atoms with Crippen molar-refractivity contribution in [3.05, 3.63) is 0 Å². The van der Waals surface area contributed by atoms with Crippen LogP contribution in [0, 0.1) is 5.92 Å². The van der Waals surface area contributed by atoms with Crippen LogP contribution in [0.2, 0.25) is 0 Å². The van der Waals surface area contributed by atoms with E-state index >= 15 is 0 Å². The Morgan fingerprint density at radius 1 is 1.25 bits per heavy atom. The summed E-state index contributed by atoms with van der Waals surface area (Å²) in [6.07, 6.45) is 3.75. The summed E-state index contributed by atoms with van der Waals surface area (Å²) in [7, 11) is -3.57. The zero-order valence-corrected chi connectivity index (χ0v) is 13.4. The van der Waals surface area contributed by atoms with E-state index in [2.05, 4.69) is 17.0 Å². The molecule has 1 aliphatic rings. The van der Waals surface area contributed by atoms with Crippen LogP contribution in [0.1, 0.15) is 46.5 Å². The Labute approximate surface area is 121 Å².